The maximum absolute atomic E-state index is 11.6. The van der Waals surface area contributed by atoms with Crippen LogP contribution in [0.15, 0.2) is 12.4 Å². The number of hydrogen-bond donors (Lipinski definition) is 1. The van der Waals surface area contributed by atoms with E-state index in [0.717, 1.165) is 26.2 Å². The van der Waals surface area contributed by atoms with Crippen molar-refractivity contribution in [2.75, 3.05) is 32.0 Å². The molecule has 0 amide bonds. The molecule has 0 unspecified atom stereocenters. The number of fused-ring (bicyclic) bond motifs is 1. The second kappa shape index (κ2) is 6.88. The Kier molecular flexibility index (Phi) is 5.05. The summed E-state index contributed by atoms with van der Waals surface area (Å²) in [5.74, 6) is 0.808. The molecule has 3 atom stereocenters. The van der Waals surface area contributed by atoms with Gasteiger partial charge in [0.15, 0.2) is 0 Å². The number of rotatable bonds is 7. The Morgan fingerprint density at radius 2 is 2.22 bits per heavy atom. The molecule has 7 nitrogen and oxygen atoms in total. The minimum Gasteiger partial charge on any atom is -0.376 e. The molecule has 2 fully saturated rings. The van der Waals surface area contributed by atoms with Crippen LogP contribution in [0.5, 0.6) is 0 Å². The van der Waals surface area contributed by atoms with Gasteiger partial charge in [0.2, 0.25) is 10.0 Å². The standard InChI is InChI=1S/C15H26N4O3S/c1-3-19-8-12(5-16-19)7-18-9-14-13(11-22-15(14)10-18)6-17-23(20,21)4-2/h5,8,13-15,17H,3-4,6-7,9-11H2,1-2H3/t13-,14-,15-/m0/s1. The van der Waals surface area contributed by atoms with Crippen molar-refractivity contribution in [3.05, 3.63) is 18.0 Å². The van der Waals surface area contributed by atoms with Gasteiger partial charge < -0.3 is 4.74 Å². The molecule has 2 saturated heterocycles. The maximum Gasteiger partial charge on any atom is 0.211 e. The number of hydrogen-bond acceptors (Lipinski definition) is 5. The fourth-order valence-corrected chi connectivity index (χ4v) is 4.15. The lowest BCUT2D eigenvalue weighted by Crippen LogP contribution is -2.34. The molecular weight excluding hydrogens is 316 g/mol. The summed E-state index contributed by atoms with van der Waals surface area (Å²) in [7, 11) is -3.13. The number of aryl methyl sites for hydroxylation is 1. The lowest BCUT2D eigenvalue weighted by Gasteiger charge is -2.19. The molecule has 8 heteroatoms. The third-order valence-electron chi connectivity index (χ3n) is 4.88. The molecular formula is C15H26N4O3S. The van der Waals surface area contributed by atoms with Gasteiger partial charge in [0.05, 0.1) is 24.7 Å². The SMILES string of the molecule is CCn1cc(CN2C[C@H]3[C@@H](CNS(=O)(=O)CC)CO[C@H]3C2)cn1. The molecule has 1 aromatic rings. The summed E-state index contributed by atoms with van der Waals surface area (Å²) < 4.78 is 33.7. The molecule has 2 aliphatic heterocycles. The maximum atomic E-state index is 11.6. The molecule has 0 aliphatic carbocycles. The van der Waals surface area contributed by atoms with Gasteiger partial charge in [-0.2, -0.15) is 5.10 Å². The highest BCUT2D eigenvalue weighted by Gasteiger charge is 2.43. The Bertz CT molecular complexity index is 630. The zero-order chi connectivity index (χ0) is 16.4. The topological polar surface area (TPSA) is 76.5 Å². The Hall–Kier alpha value is -0.960. The quantitative estimate of drug-likeness (QED) is 0.771. The van der Waals surface area contributed by atoms with Crippen molar-refractivity contribution in [3.8, 4) is 0 Å². The predicted octanol–water partition coefficient (Wildman–Crippen LogP) is 0.289. The summed E-state index contributed by atoms with van der Waals surface area (Å²) in [5, 5.41) is 4.31. The van der Waals surface area contributed by atoms with Gasteiger partial charge in [-0.3, -0.25) is 9.58 Å². The van der Waals surface area contributed by atoms with E-state index < -0.39 is 10.0 Å². The zero-order valence-corrected chi connectivity index (χ0v) is 14.6. The average molecular weight is 342 g/mol. The van der Waals surface area contributed by atoms with Crippen LogP contribution >= 0.6 is 0 Å². The van der Waals surface area contributed by atoms with Crippen LogP contribution in [0.4, 0.5) is 0 Å². The predicted molar refractivity (Wildman–Crippen MR) is 87.4 cm³/mol. The Morgan fingerprint density at radius 1 is 1.39 bits per heavy atom. The summed E-state index contributed by atoms with van der Waals surface area (Å²) in [5.41, 5.74) is 1.22. The van der Waals surface area contributed by atoms with Crippen LogP contribution in [0.1, 0.15) is 19.4 Å². The minimum absolute atomic E-state index is 0.127. The lowest BCUT2D eigenvalue weighted by atomic mass is 9.93. The lowest BCUT2D eigenvalue weighted by molar-refractivity contribution is 0.0942. The molecule has 0 aromatic carbocycles. The van der Waals surface area contributed by atoms with Crippen LogP contribution in [-0.4, -0.2) is 61.2 Å². The first kappa shape index (κ1) is 16.9. The first-order valence-electron chi connectivity index (χ1n) is 8.33. The van der Waals surface area contributed by atoms with Gasteiger partial charge in [-0.1, -0.05) is 0 Å². The van der Waals surface area contributed by atoms with Crippen LogP contribution in [0, 0.1) is 11.8 Å². The van der Waals surface area contributed by atoms with Gasteiger partial charge >= 0.3 is 0 Å². The van der Waals surface area contributed by atoms with Gasteiger partial charge in [-0.25, -0.2) is 13.1 Å². The van der Waals surface area contributed by atoms with Crippen LogP contribution in [0.2, 0.25) is 0 Å². The smallest absolute Gasteiger partial charge is 0.211 e. The van der Waals surface area contributed by atoms with Gasteiger partial charge in [-0.05, 0) is 13.8 Å². The molecule has 2 aliphatic rings. The highest BCUT2D eigenvalue weighted by molar-refractivity contribution is 7.89. The fraction of sp³-hybridized carbons (Fsp3) is 0.800. The molecule has 3 rings (SSSR count). The minimum atomic E-state index is -3.13. The van der Waals surface area contributed by atoms with E-state index in [1.165, 1.54) is 5.56 Å². The summed E-state index contributed by atoms with van der Waals surface area (Å²) in [6.45, 7) is 8.51. The van der Waals surface area contributed by atoms with E-state index in [1.807, 2.05) is 10.9 Å². The molecule has 0 spiro atoms. The van der Waals surface area contributed by atoms with Crippen molar-refractivity contribution in [1.82, 2.24) is 19.4 Å². The van der Waals surface area contributed by atoms with Crippen molar-refractivity contribution in [3.63, 3.8) is 0 Å². The third kappa shape index (κ3) is 3.93. The van der Waals surface area contributed by atoms with Crippen molar-refractivity contribution < 1.29 is 13.2 Å². The Balaban J connectivity index is 1.53. The average Bonchev–Trinajstić information content (AvgIpc) is 3.21. The Morgan fingerprint density at radius 3 is 2.91 bits per heavy atom. The zero-order valence-electron chi connectivity index (χ0n) is 13.8. The van der Waals surface area contributed by atoms with Gasteiger partial charge in [0.25, 0.3) is 0 Å². The van der Waals surface area contributed by atoms with Crippen LogP contribution in [-0.2, 0) is 27.8 Å². The molecule has 1 N–H and O–H groups in total. The first-order valence-corrected chi connectivity index (χ1v) is 9.98. The number of likely N-dealkylation sites (tertiary alicyclic amines) is 1. The van der Waals surface area contributed by atoms with Gasteiger partial charge in [-0.15, -0.1) is 0 Å². The fourth-order valence-electron chi connectivity index (χ4n) is 3.47. The van der Waals surface area contributed by atoms with Crippen molar-refractivity contribution in [1.29, 1.82) is 0 Å². The third-order valence-corrected chi connectivity index (χ3v) is 6.24. The van der Waals surface area contributed by atoms with E-state index in [-0.39, 0.29) is 17.8 Å². The van der Waals surface area contributed by atoms with Crippen LogP contribution in [0.3, 0.4) is 0 Å². The molecule has 3 heterocycles. The highest BCUT2D eigenvalue weighted by Crippen LogP contribution is 2.34. The first-order chi connectivity index (χ1) is 11.0. The summed E-state index contributed by atoms with van der Waals surface area (Å²) >= 11 is 0. The number of nitrogens with one attached hydrogen (secondary N) is 1. The normalized spacial score (nSPS) is 28.3. The van der Waals surface area contributed by atoms with Gasteiger partial charge in [0.1, 0.15) is 0 Å². The molecule has 0 saturated carbocycles. The van der Waals surface area contributed by atoms with Crippen LogP contribution in [0.25, 0.3) is 0 Å². The Labute approximate surface area is 138 Å². The van der Waals surface area contributed by atoms with E-state index in [9.17, 15) is 8.42 Å². The number of aromatic nitrogens is 2. The van der Waals surface area contributed by atoms with E-state index in [0.29, 0.717) is 19.1 Å². The van der Waals surface area contributed by atoms with E-state index >= 15 is 0 Å². The molecule has 0 bridgehead atoms. The van der Waals surface area contributed by atoms with Crippen molar-refractivity contribution in [2.24, 2.45) is 11.8 Å². The summed E-state index contributed by atoms with van der Waals surface area (Å²) in [6, 6.07) is 0. The number of sulfonamides is 1. The highest BCUT2D eigenvalue weighted by atomic mass is 32.2. The number of ether oxygens (including phenoxy) is 1. The second-order valence-corrected chi connectivity index (χ2v) is 8.54. The van der Waals surface area contributed by atoms with E-state index in [4.69, 9.17) is 4.74 Å². The molecule has 0 radical (unpaired) electrons. The number of nitrogens with zero attached hydrogens (tertiary/aromatic N) is 3. The molecule has 130 valence electrons. The van der Waals surface area contributed by atoms with Crippen LogP contribution < -0.4 is 4.72 Å². The van der Waals surface area contributed by atoms with Crippen molar-refractivity contribution in [2.45, 2.75) is 33.0 Å². The summed E-state index contributed by atoms with van der Waals surface area (Å²) in [6.07, 6.45) is 4.24. The summed E-state index contributed by atoms with van der Waals surface area (Å²) in [4.78, 5) is 2.38. The van der Waals surface area contributed by atoms with E-state index in [1.54, 1.807) is 6.92 Å². The van der Waals surface area contributed by atoms with Crippen molar-refractivity contribution >= 4 is 10.0 Å². The second-order valence-electron chi connectivity index (χ2n) is 6.45. The monoisotopic (exact) mass is 342 g/mol. The largest absolute Gasteiger partial charge is 0.376 e. The van der Waals surface area contributed by atoms with Gasteiger partial charge in [0, 0.05) is 56.3 Å². The molecule has 1 aromatic heterocycles. The molecule has 23 heavy (non-hydrogen) atoms. The van der Waals surface area contributed by atoms with E-state index in [2.05, 4.69) is 27.8 Å².